The smallest absolute Gasteiger partial charge is 0.283 e. The lowest BCUT2D eigenvalue weighted by atomic mass is 10.1. The number of rotatable bonds is 3. The summed E-state index contributed by atoms with van der Waals surface area (Å²) in [6.45, 7) is 5.07. The highest BCUT2D eigenvalue weighted by Crippen LogP contribution is 2.34. The van der Waals surface area contributed by atoms with Gasteiger partial charge in [-0.3, -0.25) is 4.90 Å². The molecule has 1 aliphatic heterocycles. The van der Waals surface area contributed by atoms with E-state index in [1.165, 1.54) is 12.1 Å². The van der Waals surface area contributed by atoms with Crippen LogP contribution in [0, 0.1) is 0 Å². The van der Waals surface area contributed by atoms with Crippen LogP contribution in [0.5, 0.6) is 0 Å². The van der Waals surface area contributed by atoms with Crippen LogP contribution >= 0.6 is 9.24 Å². The number of alkyl halides is 2. The molecule has 0 radical (unpaired) electrons. The van der Waals surface area contributed by atoms with Crippen molar-refractivity contribution in [2.24, 2.45) is 0 Å². The van der Waals surface area contributed by atoms with Crippen molar-refractivity contribution in [2.75, 3.05) is 33.2 Å². The Morgan fingerprint density at radius 1 is 1.11 bits per heavy atom. The number of halogens is 2. The molecule has 2 nitrogen and oxygen atoms in total. The molecule has 1 aromatic rings. The average molecular weight is 272 g/mol. The Morgan fingerprint density at radius 3 is 2.17 bits per heavy atom. The molecule has 1 aromatic carbocycles. The second-order valence-corrected chi connectivity index (χ2v) is 5.62. The van der Waals surface area contributed by atoms with Crippen LogP contribution in [0.2, 0.25) is 0 Å². The predicted octanol–water partition coefficient (Wildman–Crippen LogP) is 2.36. The zero-order chi connectivity index (χ0) is 13.2. The van der Waals surface area contributed by atoms with E-state index in [2.05, 4.69) is 16.8 Å². The Balaban J connectivity index is 1.94. The zero-order valence-electron chi connectivity index (χ0n) is 10.6. The molecule has 18 heavy (non-hydrogen) atoms. The van der Waals surface area contributed by atoms with Crippen LogP contribution < -0.4 is 0 Å². The molecule has 5 heteroatoms. The molecule has 1 heterocycles. The molecule has 1 saturated heterocycles. The molecule has 0 aliphatic carbocycles. The molecule has 100 valence electrons. The third-order valence-electron chi connectivity index (χ3n) is 3.34. The molecule has 0 bridgehead atoms. The molecule has 0 N–H and O–H groups in total. The van der Waals surface area contributed by atoms with E-state index in [9.17, 15) is 8.78 Å². The van der Waals surface area contributed by atoms with Crippen LogP contribution in [-0.4, -0.2) is 43.0 Å². The van der Waals surface area contributed by atoms with Crippen molar-refractivity contribution in [2.45, 2.75) is 12.2 Å². The summed E-state index contributed by atoms with van der Waals surface area (Å²) in [5, 5.41) is 0. The summed E-state index contributed by atoms with van der Waals surface area (Å²) >= 11 is 0. The summed E-state index contributed by atoms with van der Waals surface area (Å²) in [6.07, 6.45) is 0. The number of likely N-dealkylation sites (N-methyl/N-ethyl adjacent to an activating group) is 1. The highest BCUT2D eigenvalue weighted by molar-refractivity contribution is 7.17. The topological polar surface area (TPSA) is 6.48 Å². The van der Waals surface area contributed by atoms with E-state index in [1.807, 2.05) is 0 Å². The van der Waals surface area contributed by atoms with Gasteiger partial charge in [0.15, 0.2) is 0 Å². The quantitative estimate of drug-likeness (QED) is 0.779. The minimum Gasteiger partial charge on any atom is -0.304 e. The first kappa shape index (κ1) is 13.9. The fraction of sp³-hybridized carbons (Fsp3) is 0.538. The van der Waals surface area contributed by atoms with Gasteiger partial charge in [0, 0.05) is 38.3 Å². The number of piperazine rings is 1. The molecule has 0 saturated carbocycles. The minimum absolute atomic E-state index is 0.0506. The first-order chi connectivity index (χ1) is 8.45. The lowest BCUT2D eigenvalue weighted by molar-refractivity contribution is 0.104. The maximum Gasteiger partial charge on any atom is 0.283 e. The Morgan fingerprint density at radius 2 is 1.67 bits per heavy atom. The van der Waals surface area contributed by atoms with Gasteiger partial charge in [-0.25, -0.2) is 0 Å². The van der Waals surface area contributed by atoms with Crippen molar-refractivity contribution >= 4 is 9.24 Å². The molecule has 1 unspecified atom stereocenters. The van der Waals surface area contributed by atoms with Crippen molar-refractivity contribution in [3.05, 3.63) is 35.4 Å². The first-order valence-electron chi connectivity index (χ1n) is 6.12. The number of benzene rings is 1. The SMILES string of the molecule is CN1CCN(Cc2ccc(C(F)(F)P)cc2)CC1. The average Bonchev–Trinajstić information content (AvgIpc) is 2.32. The van der Waals surface area contributed by atoms with E-state index >= 15 is 0 Å². The van der Waals surface area contributed by atoms with Crippen LogP contribution in [-0.2, 0) is 12.2 Å². The zero-order valence-corrected chi connectivity index (χ0v) is 11.7. The maximum atomic E-state index is 13.0. The Kier molecular flexibility index (Phi) is 4.31. The molecule has 1 aliphatic rings. The van der Waals surface area contributed by atoms with E-state index in [0.29, 0.717) is 0 Å². The summed E-state index contributed by atoms with van der Waals surface area (Å²) in [5.41, 5.74) is -1.68. The summed E-state index contributed by atoms with van der Waals surface area (Å²) in [6, 6.07) is 6.62. The van der Waals surface area contributed by atoms with Gasteiger partial charge in [-0.05, 0) is 12.6 Å². The van der Waals surface area contributed by atoms with Gasteiger partial charge < -0.3 is 4.90 Å². The second kappa shape index (κ2) is 5.60. The van der Waals surface area contributed by atoms with Gasteiger partial charge in [-0.2, -0.15) is 8.78 Å². The standard InChI is InChI=1S/C13H19F2N2P/c1-16-6-8-17(9-7-16)10-11-2-4-12(5-3-11)13(14,15)18/h2-5H,6-10,18H2,1H3. The van der Waals surface area contributed by atoms with E-state index in [4.69, 9.17) is 0 Å². The van der Waals surface area contributed by atoms with Crippen LogP contribution in [0.3, 0.4) is 0 Å². The molecule has 1 fully saturated rings. The van der Waals surface area contributed by atoms with Gasteiger partial charge in [0.05, 0.1) is 0 Å². The summed E-state index contributed by atoms with van der Waals surface area (Å²) in [5.74, 6) is 0. The van der Waals surface area contributed by atoms with E-state index < -0.39 is 5.66 Å². The van der Waals surface area contributed by atoms with E-state index in [-0.39, 0.29) is 5.56 Å². The van der Waals surface area contributed by atoms with Crippen LogP contribution in [0.15, 0.2) is 24.3 Å². The highest BCUT2D eigenvalue weighted by atomic mass is 31.0. The fourth-order valence-electron chi connectivity index (χ4n) is 2.10. The Bertz CT molecular complexity index is 381. The first-order valence-corrected chi connectivity index (χ1v) is 6.70. The molecule has 0 spiro atoms. The summed E-state index contributed by atoms with van der Waals surface area (Å²) in [7, 11) is 3.69. The number of hydrogen-bond donors (Lipinski definition) is 0. The molecular formula is C13H19F2N2P. The second-order valence-electron chi connectivity index (χ2n) is 4.90. The molecule has 2 rings (SSSR count). The molecule has 0 aromatic heterocycles. The molecule has 0 amide bonds. The summed E-state index contributed by atoms with van der Waals surface area (Å²) < 4.78 is 26.1. The summed E-state index contributed by atoms with van der Waals surface area (Å²) in [4.78, 5) is 4.66. The van der Waals surface area contributed by atoms with E-state index in [1.54, 1.807) is 21.4 Å². The fourth-order valence-corrected chi connectivity index (χ4v) is 2.29. The normalized spacial score (nSPS) is 19.1. The van der Waals surface area contributed by atoms with E-state index in [0.717, 1.165) is 38.3 Å². The third-order valence-corrected chi connectivity index (χ3v) is 3.67. The maximum absolute atomic E-state index is 13.0. The molecular weight excluding hydrogens is 253 g/mol. The third kappa shape index (κ3) is 3.71. The Hall–Kier alpha value is -0.570. The van der Waals surface area contributed by atoms with Crippen molar-refractivity contribution in [1.29, 1.82) is 0 Å². The van der Waals surface area contributed by atoms with Crippen LogP contribution in [0.4, 0.5) is 8.78 Å². The van der Waals surface area contributed by atoms with Crippen molar-refractivity contribution in [3.63, 3.8) is 0 Å². The monoisotopic (exact) mass is 272 g/mol. The van der Waals surface area contributed by atoms with Crippen molar-refractivity contribution < 1.29 is 8.78 Å². The van der Waals surface area contributed by atoms with Crippen molar-refractivity contribution in [3.8, 4) is 0 Å². The lowest BCUT2D eigenvalue weighted by Crippen LogP contribution is -2.43. The van der Waals surface area contributed by atoms with Crippen LogP contribution in [0.25, 0.3) is 0 Å². The number of hydrogen-bond acceptors (Lipinski definition) is 2. The van der Waals surface area contributed by atoms with Gasteiger partial charge in [-0.1, -0.05) is 33.5 Å². The largest absolute Gasteiger partial charge is 0.304 e. The lowest BCUT2D eigenvalue weighted by Gasteiger charge is -2.32. The van der Waals surface area contributed by atoms with Gasteiger partial charge >= 0.3 is 0 Å². The van der Waals surface area contributed by atoms with Gasteiger partial charge in [0.25, 0.3) is 5.66 Å². The van der Waals surface area contributed by atoms with Gasteiger partial charge in [-0.15, -0.1) is 0 Å². The number of nitrogens with zero attached hydrogens (tertiary/aromatic N) is 2. The predicted molar refractivity (Wildman–Crippen MR) is 72.8 cm³/mol. The van der Waals surface area contributed by atoms with Crippen molar-refractivity contribution in [1.82, 2.24) is 9.80 Å². The van der Waals surface area contributed by atoms with Gasteiger partial charge in [0.2, 0.25) is 0 Å². The Labute approximate surface area is 109 Å². The minimum atomic E-state index is -2.83. The molecule has 1 atom stereocenters. The van der Waals surface area contributed by atoms with Gasteiger partial charge in [0.1, 0.15) is 0 Å². The highest BCUT2D eigenvalue weighted by Gasteiger charge is 2.24. The van der Waals surface area contributed by atoms with Crippen LogP contribution in [0.1, 0.15) is 11.1 Å².